The van der Waals surface area contributed by atoms with Crippen molar-refractivity contribution in [2.45, 2.75) is 13.3 Å². The van der Waals surface area contributed by atoms with Gasteiger partial charge in [-0.05, 0) is 25.8 Å². The van der Waals surface area contributed by atoms with Gasteiger partial charge in [0.1, 0.15) is 5.56 Å². The highest BCUT2D eigenvalue weighted by atomic mass is 16.4. The third-order valence-electron chi connectivity index (χ3n) is 4.17. The highest BCUT2D eigenvalue weighted by molar-refractivity contribution is 6.04. The Hall–Kier alpha value is -2.15. The van der Waals surface area contributed by atoms with Crippen LogP contribution in [0, 0.1) is 12.8 Å². The largest absolute Gasteiger partial charge is 0.478 e. The van der Waals surface area contributed by atoms with Gasteiger partial charge in [-0.1, -0.05) is 0 Å². The van der Waals surface area contributed by atoms with Crippen LogP contribution in [0.5, 0.6) is 0 Å². The zero-order chi connectivity index (χ0) is 15.1. The summed E-state index contributed by atoms with van der Waals surface area (Å²) in [6, 6.07) is 0. The number of aromatic carboxylic acids is 1. The molecule has 21 heavy (non-hydrogen) atoms. The standard InChI is InChI=1S/C14H19N5O2/c1-8-11-12(19-4-3-9(5-15)7-19)10(14(20)21)6-16-13(11)18(2)17-8/h6,9H,3-5,7,15H2,1-2H3,(H,20,21). The average Bonchev–Trinajstić information content (AvgIpc) is 3.03. The number of hydrogen-bond acceptors (Lipinski definition) is 5. The van der Waals surface area contributed by atoms with Gasteiger partial charge < -0.3 is 15.7 Å². The van der Waals surface area contributed by atoms with Crippen LogP contribution < -0.4 is 10.6 Å². The third kappa shape index (κ3) is 2.13. The highest BCUT2D eigenvalue weighted by Crippen LogP contribution is 2.34. The van der Waals surface area contributed by atoms with Crippen molar-refractivity contribution in [3.05, 3.63) is 17.5 Å². The van der Waals surface area contributed by atoms with Crippen LogP contribution in [0.4, 0.5) is 5.69 Å². The number of nitrogens with zero attached hydrogens (tertiary/aromatic N) is 4. The summed E-state index contributed by atoms with van der Waals surface area (Å²) in [6.45, 7) is 4.11. The van der Waals surface area contributed by atoms with Crippen molar-refractivity contribution in [1.82, 2.24) is 14.8 Å². The summed E-state index contributed by atoms with van der Waals surface area (Å²) >= 11 is 0. The predicted octanol–water partition coefficient (Wildman–Crippen LogP) is 0.760. The molecule has 1 aliphatic heterocycles. The number of hydrogen-bond donors (Lipinski definition) is 2. The number of pyridine rings is 1. The lowest BCUT2D eigenvalue weighted by molar-refractivity contribution is 0.0697. The molecule has 1 saturated heterocycles. The van der Waals surface area contributed by atoms with E-state index < -0.39 is 5.97 Å². The molecule has 0 bridgehead atoms. The van der Waals surface area contributed by atoms with Gasteiger partial charge in [-0.2, -0.15) is 5.10 Å². The van der Waals surface area contributed by atoms with Crippen LogP contribution in [0.1, 0.15) is 22.5 Å². The summed E-state index contributed by atoms with van der Waals surface area (Å²) in [5.41, 5.74) is 8.22. The van der Waals surface area contributed by atoms with Gasteiger partial charge in [0.05, 0.1) is 16.8 Å². The molecule has 0 aliphatic carbocycles. The molecule has 2 aromatic heterocycles. The average molecular weight is 289 g/mol. The van der Waals surface area contributed by atoms with Crippen molar-refractivity contribution in [1.29, 1.82) is 0 Å². The lowest BCUT2D eigenvalue weighted by atomic mass is 10.1. The normalized spacial score (nSPS) is 18.6. The van der Waals surface area contributed by atoms with Gasteiger partial charge >= 0.3 is 5.97 Å². The summed E-state index contributed by atoms with van der Waals surface area (Å²) in [7, 11) is 1.82. The van der Waals surface area contributed by atoms with Crippen LogP contribution in [-0.4, -0.2) is 45.5 Å². The van der Waals surface area contributed by atoms with Crippen LogP contribution in [0.2, 0.25) is 0 Å². The van der Waals surface area contributed by atoms with E-state index in [9.17, 15) is 9.90 Å². The molecule has 0 saturated carbocycles. The Kier molecular flexibility index (Phi) is 3.29. The molecule has 3 heterocycles. The van der Waals surface area contributed by atoms with Crippen molar-refractivity contribution >= 4 is 22.7 Å². The van der Waals surface area contributed by atoms with Crippen LogP contribution in [-0.2, 0) is 7.05 Å². The first-order chi connectivity index (χ1) is 10.0. The lowest BCUT2D eigenvalue weighted by Gasteiger charge is -2.21. The maximum Gasteiger partial charge on any atom is 0.339 e. The molecule has 7 heteroatoms. The van der Waals surface area contributed by atoms with E-state index in [4.69, 9.17) is 5.73 Å². The smallest absolute Gasteiger partial charge is 0.339 e. The summed E-state index contributed by atoms with van der Waals surface area (Å²) in [5, 5.41) is 14.7. The number of carbonyl (C=O) groups is 1. The van der Waals surface area contributed by atoms with Gasteiger partial charge in [0.2, 0.25) is 0 Å². The quantitative estimate of drug-likeness (QED) is 0.866. The number of rotatable bonds is 3. The van der Waals surface area contributed by atoms with Crippen molar-refractivity contribution in [3.8, 4) is 0 Å². The number of fused-ring (bicyclic) bond motifs is 1. The predicted molar refractivity (Wildman–Crippen MR) is 79.6 cm³/mol. The number of aryl methyl sites for hydroxylation is 2. The summed E-state index contributed by atoms with van der Waals surface area (Å²) in [5.74, 6) is -0.550. The van der Waals surface area contributed by atoms with Gasteiger partial charge in [0.15, 0.2) is 5.65 Å². The van der Waals surface area contributed by atoms with E-state index in [1.54, 1.807) is 4.68 Å². The topological polar surface area (TPSA) is 97.3 Å². The van der Waals surface area contributed by atoms with Gasteiger partial charge in [-0.15, -0.1) is 0 Å². The van der Waals surface area contributed by atoms with E-state index in [2.05, 4.69) is 15.0 Å². The molecule has 3 rings (SSSR count). The first-order valence-electron chi connectivity index (χ1n) is 7.03. The second-order valence-corrected chi connectivity index (χ2v) is 5.57. The maximum atomic E-state index is 11.6. The zero-order valence-electron chi connectivity index (χ0n) is 12.2. The van der Waals surface area contributed by atoms with Crippen LogP contribution in [0.3, 0.4) is 0 Å². The second-order valence-electron chi connectivity index (χ2n) is 5.57. The number of anilines is 1. The molecule has 2 aromatic rings. The van der Waals surface area contributed by atoms with Crippen molar-refractivity contribution < 1.29 is 9.90 Å². The fourth-order valence-corrected chi connectivity index (χ4v) is 3.11. The van der Waals surface area contributed by atoms with Crippen molar-refractivity contribution in [2.75, 3.05) is 24.5 Å². The summed E-state index contributed by atoms with van der Waals surface area (Å²) < 4.78 is 1.69. The van der Waals surface area contributed by atoms with E-state index in [1.807, 2.05) is 14.0 Å². The molecule has 7 nitrogen and oxygen atoms in total. The van der Waals surface area contributed by atoms with Crippen molar-refractivity contribution in [3.63, 3.8) is 0 Å². The first-order valence-corrected chi connectivity index (χ1v) is 7.03. The van der Waals surface area contributed by atoms with Crippen LogP contribution in [0.15, 0.2) is 6.20 Å². The highest BCUT2D eigenvalue weighted by Gasteiger charge is 2.28. The monoisotopic (exact) mass is 289 g/mol. The maximum absolute atomic E-state index is 11.6. The van der Waals surface area contributed by atoms with Gasteiger partial charge in [0.25, 0.3) is 0 Å². The number of carboxylic acid groups (broad SMARTS) is 1. The zero-order valence-corrected chi connectivity index (χ0v) is 12.2. The molecule has 0 amide bonds. The van der Waals surface area contributed by atoms with E-state index in [0.29, 0.717) is 18.1 Å². The van der Waals surface area contributed by atoms with Gasteiger partial charge in [0, 0.05) is 26.3 Å². The molecule has 0 aromatic carbocycles. The Balaban J connectivity index is 2.22. The minimum absolute atomic E-state index is 0.233. The molecule has 112 valence electrons. The molecule has 1 fully saturated rings. The van der Waals surface area contributed by atoms with E-state index in [1.165, 1.54) is 6.20 Å². The molecule has 0 spiro atoms. The molecule has 1 unspecified atom stereocenters. The van der Waals surface area contributed by atoms with Crippen LogP contribution >= 0.6 is 0 Å². The second kappa shape index (κ2) is 5.00. The fraction of sp³-hybridized carbons (Fsp3) is 0.500. The minimum Gasteiger partial charge on any atom is -0.478 e. The Bertz CT molecular complexity index is 709. The van der Waals surface area contributed by atoms with E-state index in [0.717, 1.165) is 36.3 Å². The minimum atomic E-state index is -0.959. The third-order valence-corrected chi connectivity index (χ3v) is 4.17. The summed E-state index contributed by atoms with van der Waals surface area (Å²) in [6.07, 6.45) is 2.41. The number of aromatic nitrogens is 3. The SMILES string of the molecule is Cc1nn(C)c2ncc(C(=O)O)c(N3CCC(CN)C3)c12. The summed E-state index contributed by atoms with van der Waals surface area (Å²) in [4.78, 5) is 17.9. The number of carboxylic acids is 1. The van der Waals surface area contributed by atoms with E-state index >= 15 is 0 Å². The van der Waals surface area contributed by atoms with Gasteiger partial charge in [-0.25, -0.2) is 9.78 Å². The molecule has 1 atom stereocenters. The Morgan fingerprint density at radius 3 is 2.95 bits per heavy atom. The Labute approximate surface area is 122 Å². The molecule has 0 radical (unpaired) electrons. The molecular formula is C14H19N5O2. The lowest BCUT2D eigenvalue weighted by Crippen LogP contribution is -2.25. The Morgan fingerprint density at radius 2 is 2.33 bits per heavy atom. The fourth-order valence-electron chi connectivity index (χ4n) is 3.11. The molecule has 1 aliphatic rings. The Morgan fingerprint density at radius 1 is 1.57 bits per heavy atom. The number of nitrogens with two attached hydrogens (primary N) is 1. The molecular weight excluding hydrogens is 270 g/mol. The van der Waals surface area contributed by atoms with E-state index in [-0.39, 0.29) is 5.56 Å². The first kappa shape index (κ1) is 13.8. The van der Waals surface area contributed by atoms with Crippen molar-refractivity contribution in [2.24, 2.45) is 18.7 Å². The molecule has 3 N–H and O–H groups in total. The van der Waals surface area contributed by atoms with Crippen LogP contribution in [0.25, 0.3) is 11.0 Å². The van der Waals surface area contributed by atoms with Gasteiger partial charge in [-0.3, -0.25) is 4.68 Å².